The van der Waals surface area contributed by atoms with Crippen LogP contribution >= 0.6 is 0 Å². The maximum Gasteiger partial charge on any atom is 0.263 e. The van der Waals surface area contributed by atoms with E-state index in [1.54, 1.807) is 24.5 Å². The van der Waals surface area contributed by atoms with Gasteiger partial charge in [-0.1, -0.05) is 38.1 Å². The Bertz CT molecular complexity index is 878. The van der Waals surface area contributed by atoms with Crippen molar-refractivity contribution < 1.29 is 9.32 Å². The molecule has 0 spiro atoms. The number of carbonyl (C=O) groups excluding carboxylic acids is 1. The summed E-state index contributed by atoms with van der Waals surface area (Å²) in [5.41, 5.74) is 9.05. The summed E-state index contributed by atoms with van der Waals surface area (Å²) in [6.45, 7) is 6.41. The predicted molar refractivity (Wildman–Crippen MR) is 97.2 cm³/mol. The Balaban J connectivity index is 1.86. The van der Waals surface area contributed by atoms with Crippen LogP contribution in [0.4, 0.5) is 11.6 Å². The quantitative estimate of drug-likeness (QED) is 0.757. The third-order valence-corrected chi connectivity index (χ3v) is 3.91. The molecule has 0 aliphatic rings. The third-order valence-electron chi connectivity index (χ3n) is 3.91. The van der Waals surface area contributed by atoms with Crippen LogP contribution in [0.15, 0.2) is 53.3 Å². The fraction of sp³-hybridized carbons (Fsp3) is 0.211. The van der Waals surface area contributed by atoms with E-state index in [0.717, 1.165) is 0 Å². The van der Waals surface area contributed by atoms with E-state index in [-0.39, 0.29) is 22.8 Å². The molecule has 1 amide bonds. The molecule has 0 aliphatic carbocycles. The number of hydrogen-bond acceptors (Lipinski definition) is 5. The Morgan fingerprint density at radius 2 is 1.72 bits per heavy atom. The van der Waals surface area contributed by atoms with Gasteiger partial charge in [-0.05, 0) is 35.2 Å². The van der Waals surface area contributed by atoms with Crippen LogP contribution in [0.3, 0.4) is 0 Å². The molecule has 0 fully saturated rings. The molecule has 3 aromatic rings. The average molecular weight is 336 g/mol. The van der Waals surface area contributed by atoms with Crippen LogP contribution in [0, 0.1) is 0 Å². The predicted octanol–water partition coefficient (Wildman–Crippen LogP) is 3.87. The minimum Gasteiger partial charge on any atom is -0.367 e. The largest absolute Gasteiger partial charge is 0.367 e. The van der Waals surface area contributed by atoms with E-state index < -0.39 is 0 Å². The van der Waals surface area contributed by atoms with E-state index in [9.17, 15) is 4.79 Å². The fourth-order valence-corrected chi connectivity index (χ4v) is 2.48. The Morgan fingerprint density at radius 1 is 1.08 bits per heavy atom. The summed E-state index contributed by atoms with van der Waals surface area (Å²) < 4.78 is 5.02. The Kier molecular flexibility index (Phi) is 4.27. The second-order valence-electron chi connectivity index (χ2n) is 6.79. The average Bonchev–Trinajstić information content (AvgIpc) is 2.97. The highest BCUT2D eigenvalue weighted by molar-refractivity contribution is 6.10. The topological polar surface area (TPSA) is 94.0 Å². The molecule has 2 heterocycles. The number of nitrogens with one attached hydrogen (secondary N) is 1. The standard InChI is InChI=1S/C19H20N4O2/c1-19(2,3)13-4-6-14(7-5-13)22-18(24)15-16(23-25-17(15)20)12-8-10-21-11-9-12/h4-11H,20H2,1-3H3,(H,22,24). The summed E-state index contributed by atoms with van der Waals surface area (Å²) in [6.07, 6.45) is 3.24. The summed E-state index contributed by atoms with van der Waals surface area (Å²) in [4.78, 5) is 16.6. The van der Waals surface area contributed by atoms with Gasteiger partial charge in [0.15, 0.2) is 0 Å². The first-order valence-corrected chi connectivity index (χ1v) is 7.93. The summed E-state index contributed by atoms with van der Waals surface area (Å²) in [5.74, 6) is -0.385. The Morgan fingerprint density at radius 3 is 2.32 bits per heavy atom. The van der Waals surface area contributed by atoms with Crippen LogP contribution in [0.1, 0.15) is 36.7 Å². The van der Waals surface area contributed by atoms with E-state index in [4.69, 9.17) is 10.3 Å². The molecule has 0 unspecified atom stereocenters. The van der Waals surface area contributed by atoms with Gasteiger partial charge in [0.2, 0.25) is 5.88 Å². The highest BCUT2D eigenvalue weighted by Crippen LogP contribution is 2.28. The van der Waals surface area contributed by atoms with Crippen molar-refractivity contribution in [2.24, 2.45) is 0 Å². The summed E-state index contributed by atoms with van der Waals surface area (Å²) in [5, 5.41) is 6.75. The van der Waals surface area contributed by atoms with Crippen LogP contribution in [0.5, 0.6) is 0 Å². The van der Waals surface area contributed by atoms with Crippen LogP contribution in [0.2, 0.25) is 0 Å². The van der Waals surface area contributed by atoms with Gasteiger partial charge in [-0.25, -0.2) is 0 Å². The molecular formula is C19H20N4O2. The molecule has 6 heteroatoms. The van der Waals surface area contributed by atoms with Gasteiger partial charge in [0, 0.05) is 23.6 Å². The highest BCUT2D eigenvalue weighted by atomic mass is 16.5. The van der Waals surface area contributed by atoms with Gasteiger partial charge in [-0.15, -0.1) is 0 Å². The van der Waals surface area contributed by atoms with Crippen LogP contribution < -0.4 is 11.1 Å². The number of nitrogens with two attached hydrogens (primary N) is 1. The van der Waals surface area contributed by atoms with Gasteiger partial charge < -0.3 is 15.6 Å². The number of hydrogen-bond donors (Lipinski definition) is 2. The number of aromatic nitrogens is 2. The van der Waals surface area contributed by atoms with Gasteiger partial charge in [0.25, 0.3) is 5.91 Å². The number of nitrogens with zero attached hydrogens (tertiary/aromatic N) is 2. The van der Waals surface area contributed by atoms with Gasteiger partial charge in [0.05, 0.1) is 0 Å². The molecule has 128 valence electrons. The molecule has 0 saturated carbocycles. The molecule has 6 nitrogen and oxygen atoms in total. The molecule has 0 aliphatic heterocycles. The van der Waals surface area contributed by atoms with Gasteiger partial charge >= 0.3 is 0 Å². The number of amides is 1. The lowest BCUT2D eigenvalue weighted by molar-refractivity contribution is 0.102. The first-order valence-electron chi connectivity index (χ1n) is 7.93. The SMILES string of the molecule is CC(C)(C)c1ccc(NC(=O)c2c(-c3ccncc3)noc2N)cc1. The van der Waals surface area contributed by atoms with Crippen LogP contribution in [0.25, 0.3) is 11.3 Å². The maximum atomic E-state index is 12.7. The molecule has 25 heavy (non-hydrogen) atoms. The highest BCUT2D eigenvalue weighted by Gasteiger charge is 2.22. The van der Waals surface area contributed by atoms with Crippen LogP contribution in [-0.4, -0.2) is 16.0 Å². The first-order chi connectivity index (χ1) is 11.9. The molecule has 0 radical (unpaired) electrons. The van der Waals surface area contributed by atoms with E-state index in [1.165, 1.54) is 5.56 Å². The molecule has 3 N–H and O–H groups in total. The molecular weight excluding hydrogens is 316 g/mol. The van der Waals surface area contributed by atoms with Gasteiger partial charge in [-0.2, -0.15) is 0 Å². The van der Waals surface area contributed by atoms with Crippen molar-refractivity contribution in [1.29, 1.82) is 0 Å². The van der Waals surface area contributed by atoms with Gasteiger partial charge in [-0.3, -0.25) is 9.78 Å². The fourth-order valence-electron chi connectivity index (χ4n) is 2.48. The lowest BCUT2D eigenvalue weighted by Crippen LogP contribution is -2.15. The summed E-state index contributed by atoms with van der Waals surface area (Å²) in [7, 11) is 0. The zero-order valence-electron chi connectivity index (χ0n) is 14.4. The number of benzene rings is 1. The number of carbonyl (C=O) groups is 1. The first kappa shape index (κ1) is 16.7. The zero-order chi connectivity index (χ0) is 18.0. The number of nitrogen functional groups attached to an aromatic ring is 1. The second kappa shape index (κ2) is 6.39. The van der Waals surface area contributed by atoms with Crippen molar-refractivity contribution in [3.05, 3.63) is 59.9 Å². The molecule has 3 rings (SSSR count). The summed E-state index contributed by atoms with van der Waals surface area (Å²) in [6, 6.07) is 11.2. The van der Waals surface area contributed by atoms with Crippen molar-refractivity contribution in [1.82, 2.24) is 10.1 Å². The lowest BCUT2D eigenvalue weighted by Gasteiger charge is -2.19. The van der Waals surface area contributed by atoms with E-state index >= 15 is 0 Å². The van der Waals surface area contributed by atoms with Gasteiger partial charge in [0.1, 0.15) is 11.3 Å². The molecule has 0 atom stereocenters. The van der Waals surface area contributed by atoms with E-state index in [0.29, 0.717) is 16.9 Å². The van der Waals surface area contributed by atoms with Crippen molar-refractivity contribution in [3.63, 3.8) is 0 Å². The maximum absolute atomic E-state index is 12.7. The second-order valence-corrected chi connectivity index (χ2v) is 6.79. The molecule has 2 aromatic heterocycles. The summed E-state index contributed by atoms with van der Waals surface area (Å²) >= 11 is 0. The van der Waals surface area contributed by atoms with Crippen molar-refractivity contribution in [2.45, 2.75) is 26.2 Å². The normalized spacial score (nSPS) is 11.3. The van der Waals surface area contributed by atoms with Crippen molar-refractivity contribution in [2.75, 3.05) is 11.1 Å². The monoisotopic (exact) mass is 336 g/mol. The zero-order valence-corrected chi connectivity index (χ0v) is 14.4. The van der Waals surface area contributed by atoms with Crippen molar-refractivity contribution >= 4 is 17.5 Å². The third kappa shape index (κ3) is 3.52. The minimum absolute atomic E-state index is 0.0179. The Labute approximate surface area is 146 Å². The lowest BCUT2D eigenvalue weighted by atomic mass is 9.87. The number of rotatable bonds is 3. The minimum atomic E-state index is -0.367. The molecule has 1 aromatic carbocycles. The number of pyridine rings is 1. The smallest absolute Gasteiger partial charge is 0.263 e. The molecule has 0 bridgehead atoms. The van der Waals surface area contributed by atoms with Crippen LogP contribution in [-0.2, 0) is 5.41 Å². The number of anilines is 2. The Hall–Kier alpha value is -3.15. The van der Waals surface area contributed by atoms with Crippen molar-refractivity contribution in [3.8, 4) is 11.3 Å². The molecule has 0 saturated heterocycles. The van der Waals surface area contributed by atoms with E-state index in [2.05, 4.69) is 36.2 Å². The van der Waals surface area contributed by atoms with E-state index in [1.807, 2.05) is 24.3 Å².